The molecular formula is C20H27N3O4. The van der Waals surface area contributed by atoms with Crippen LogP contribution in [-0.4, -0.2) is 50.5 Å². The summed E-state index contributed by atoms with van der Waals surface area (Å²) in [4.78, 5) is 15.1. The lowest BCUT2D eigenvalue weighted by atomic mass is 10.1. The Kier molecular flexibility index (Phi) is 6.34. The van der Waals surface area contributed by atoms with Gasteiger partial charge in [0.05, 0.1) is 13.2 Å². The molecule has 2 heterocycles. The minimum atomic E-state index is -0.199. The molecule has 7 heteroatoms. The van der Waals surface area contributed by atoms with Gasteiger partial charge in [-0.25, -0.2) is 0 Å². The Hall–Kier alpha value is -2.54. The van der Waals surface area contributed by atoms with Crippen molar-refractivity contribution in [3.8, 4) is 17.1 Å². The summed E-state index contributed by atoms with van der Waals surface area (Å²) in [6.45, 7) is 6.67. The van der Waals surface area contributed by atoms with Crippen LogP contribution in [0.2, 0.25) is 0 Å². The molecule has 1 saturated heterocycles. The molecule has 1 aromatic heterocycles. The number of carbonyl (C=O) groups is 1. The maximum atomic E-state index is 13.0. The number of ether oxygens (including phenoxy) is 2. The summed E-state index contributed by atoms with van der Waals surface area (Å²) in [5.74, 6) is 1.63. The summed E-state index contributed by atoms with van der Waals surface area (Å²) in [5, 5.41) is 7.18. The lowest BCUT2D eigenvalue weighted by Gasteiger charge is -2.16. The van der Waals surface area contributed by atoms with Crippen LogP contribution in [0.5, 0.6) is 5.75 Å². The Morgan fingerprint density at radius 2 is 2.00 bits per heavy atom. The normalized spacial score (nSPS) is 15.0. The largest absolute Gasteiger partial charge is 0.497 e. The van der Waals surface area contributed by atoms with Crippen molar-refractivity contribution < 1.29 is 18.8 Å². The predicted molar refractivity (Wildman–Crippen MR) is 103 cm³/mol. The predicted octanol–water partition coefficient (Wildman–Crippen LogP) is 3.11. The van der Waals surface area contributed by atoms with Crippen molar-refractivity contribution >= 4 is 11.7 Å². The van der Waals surface area contributed by atoms with Gasteiger partial charge in [-0.1, -0.05) is 5.16 Å². The van der Waals surface area contributed by atoms with Crippen LogP contribution in [0.15, 0.2) is 28.8 Å². The fraction of sp³-hybridized carbons (Fsp3) is 0.500. The summed E-state index contributed by atoms with van der Waals surface area (Å²) in [5.41, 5.74) is 1.27. The van der Waals surface area contributed by atoms with E-state index < -0.39 is 0 Å². The van der Waals surface area contributed by atoms with Crippen molar-refractivity contribution in [3.05, 3.63) is 29.8 Å². The second kappa shape index (κ2) is 8.90. The number of nitrogens with one attached hydrogen (secondary N) is 1. The molecule has 1 aromatic carbocycles. The molecule has 1 aliphatic heterocycles. The average molecular weight is 373 g/mol. The molecule has 2 aromatic rings. The first-order valence-corrected chi connectivity index (χ1v) is 9.42. The van der Waals surface area contributed by atoms with Gasteiger partial charge in [-0.2, -0.15) is 0 Å². The number of methoxy groups -OCH3 is 1. The van der Waals surface area contributed by atoms with Crippen LogP contribution in [0.25, 0.3) is 11.3 Å². The van der Waals surface area contributed by atoms with Gasteiger partial charge in [-0.15, -0.1) is 0 Å². The highest BCUT2D eigenvalue weighted by Crippen LogP contribution is 2.33. The molecule has 0 saturated carbocycles. The van der Waals surface area contributed by atoms with Gasteiger partial charge in [0.15, 0.2) is 11.6 Å². The van der Waals surface area contributed by atoms with Gasteiger partial charge in [0, 0.05) is 31.8 Å². The summed E-state index contributed by atoms with van der Waals surface area (Å²) in [6, 6.07) is 7.41. The van der Waals surface area contributed by atoms with E-state index in [4.69, 9.17) is 14.0 Å². The average Bonchev–Trinajstić information content (AvgIpc) is 3.35. The molecule has 0 radical (unpaired) electrons. The zero-order valence-electron chi connectivity index (χ0n) is 16.2. The molecule has 27 heavy (non-hydrogen) atoms. The van der Waals surface area contributed by atoms with Gasteiger partial charge in [-0.3, -0.25) is 4.79 Å². The number of aromatic nitrogens is 1. The molecule has 3 rings (SSSR count). The third-order valence-electron chi connectivity index (χ3n) is 4.66. The van der Waals surface area contributed by atoms with E-state index in [2.05, 4.69) is 15.4 Å². The summed E-state index contributed by atoms with van der Waals surface area (Å²) < 4.78 is 16.3. The second-order valence-corrected chi connectivity index (χ2v) is 6.61. The number of hydrogen-bond donors (Lipinski definition) is 1. The third-order valence-corrected chi connectivity index (χ3v) is 4.66. The molecule has 146 valence electrons. The van der Waals surface area contributed by atoms with Crippen molar-refractivity contribution in [1.29, 1.82) is 0 Å². The summed E-state index contributed by atoms with van der Waals surface area (Å²) >= 11 is 0. The molecule has 0 aliphatic carbocycles. The summed E-state index contributed by atoms with van der Waals surface area (Å²) in [7, 11) is 1.62. The van der Waals surface area contributed by atoms with Crippen LogP contribution < -0.4 is 15.0 Å². The molecule has 1 atom stereocenters. The van der Waals surface area contributed by atoms with Gasteiger partial charge in [0.25, 0.3) is 5.91 Å². The molecule has 1 unspecified atom stereocenters. The van der Waals surface area contributed by atoms with Crippen molar-refractivity contribution in [2.75, 3.05) is 38.3 Å². The Labute approximate surface area is 159 Å². The zero-order chi connectivity index (χ0) is 19.2. The number of carbonyl (C=O) groups excluding carboxylic acids is 1. The van der Waals surface area contributed by atoms with Gasteiger partial charge >= 0.3 is 0 Å². The number of rotatable bonds is 8. The molecule has 0 bridgehead atoms. The van der Waals surface area contributed by atoms with Crippen LogP contribution in [-0.2, 0) is 4.74 Å². The lowest BCUT2D eigenvalue weighted by Crippen LogP contribution is -2.33. The fourth-order valence-corrected chi connectivity index (χ4v) is 3.24. The van der Waals surface area contributed by atoms with Crippen molar-refractivity contribution in [1.82, 2.24) is 10.5 Å². The monoisotopic (exact) mass is 373 g/mol. The molecule has 1 N–H and O–H groups in total. The Balaban J connectivity index is 1.89. The van der Waals surface area contributed by atoms with Gasteiger partial charge < -0.3 is 24.2 Å². The first kappa shape index (κ1) is 19.2. The van der Waals surface area contributed by atoms with E-state index in [1.54, 1.807) is 7.11 Å². The smallest absolute Gasteiger partial charge is 0.259 e. The van der Waals surface area contributed by atoms with E-state index in [0.29, 0.717) is 30.3 Å². The fourth-order valence-electron chi connectivity index (χ4n) is 3.24. The van der Waals surface area contributed by atoms with Crippen molar-refractivity contribution in [2.24, 2.45) is 0 Å². The maximum Gasteiger partial charge on any atom is 0.259 e. The number of benzene rings is 1. The van der Waals surface area contributed by atoms with Crippen LogP contribution in [0.1, 0.15) is 37.0 Å². The van der Waals surface area contributed by atoms with Gasteiger partial charge in [-0.05, 0) is 51.0 Å². The van der Waals surface area contributed by atoms with Crippen LogP contribution in [0.4, 0.5) is 5.82 Å². The van der Waals surface area contributed by atoms with E-state index in [0.717, 1.165) is 37.2 Å². The maximum absolute atomic E-state index is 13.0. The molecule has 1 fully saturated rings. The van der Waals surface area contributed by atoms with Crippen molar-refractivity contribution in [3.63, 3.8) is 0 Å². The topological polar surface area (TPSA) is 76.8 Å². The van der Waals surface area contributed by atoms with E-state index in [1.165, 1.54) is 0 Å². The highest BCUT2D eigenvalue weighted by atomic mass is 16.5. The van der Waals surface area contributed by atoms with E-state index in [1.807, 2.05) is 38.1 Å². The Morgan fingerprint density at radius 1 is 1.30 bits per heavy atom. The standard InChI is InChI=1S/C20H27N3O4/c1-4-26-14(2)13-21-20(24)17-18(15-7-9-16(25-3)10-8-15)27-22-19(17)23-11-5-6-12-23/h7-10,14H,4-6,11-13H2,1-3H3,(H,21,24). The Bertz CT molecular complexity index is 751. The number of nitrogens with zero attached hydrogens (tertiary/aromatic N) is 2. The third kappa shape index (κ3) is 4.42. The molecule has 1 aliphatic rings. The minimum absolute atomic E-state index is 0.0570. The number of anilines is 1. The molecule has 1 amide bonds. The SMILES string of the molecule is CCOC(C)CNC(=O)c1c(N2CCCC2)noc1-c1ccc(OC)cc1. The molecule has 0 spiro atoms. The first-order chi connectivity index (χ1) is 13.1. The van der Waals surface area contributed by atoms with E-state index in [-0.39, 0.29) is 12.0 Å². The van der Waals surface area contributed by atoms with Crippen LogP contribution in [0, 0.1) is 0 Å². The van der Waals surface area contributed by atoms with E-state index >= 15 is 0 Å². The molecule has 7 nitrogen and oxygen atoms in total. The van der Waals surface area contributed by atoms with Gasteiger partial charge in [0.1, 0.15) is 11.3 Å². The number of hydrogen-bond acceptors (Lipinski definition) is 6. The quantitative estimate of drug-likeness (QED) is 0.766. The molecular weight excluding hydrogens is 346 g/mol. The second-order valence-electron chi connectivity index (χ2n) is 6.61. The zero-order valence-corrected chi connectivity index (χ0v) is 16.2. The van der Waals surface area contributed by atoms with Gasteiger partial charge in [0.2, 0.25) is 0 Å². The van der Waals surface area contributed by atoms with Crippen LogP contribution in [0.3, 0.4) is 0 Å². The minimum Gasteiger partial charge on any atom is -0.497 e. The van der Waals surface area contributed by atoms with E-state index in [9.17, 15) is 4.79 Å². The number of amides is 1. The highest BCUT2D eigenvalue weighted by Gasteiger charge is 2.29. The summed E-state index contributed by atoms with van der Waals surface area (Å²) in [6.07, 6.45) is 2.12. The lowest BCUT2D eigenvalue weighted by molar-refractivity contribution is 0.0695. The highest BCUT2D eigenvalue weighted by molar-refractivity contribution is 6.04. The first-order valence-electron chi connectivity index (χ1n) is 9.42. The van der Waals surface area contributed by atoms with Crippen molar-refractivity contribution in [2.45, 2.75) is 32.8 Å². The Morgan fingerprint density at radius 3 is 2.63 bits per heavy atom. The van der Waals surface area contributed by atoms with Crippen LogP contribution >= 0.6 is 0 Å².